The quantitative estimate of drug-likeness (QED) is 0.622. The van der Waals surface area contributed by atoms with Crippen molar-refractivity contribution in [1.82, 2.24) is 20.4 Å². The first-order chi connectivity index (χ1) is 14.3. The normalized spacial score (nSPS) is 18.6. The summed E-state index contributed by atoms with van der Waals surface area (Å²) in [4.78, 5) is 41.3. The average Bonchev–Trinajstić information content (AvgIpc) is 3.00. The van der Waals surface area contributed by atoms with Crippen molar-refractivity contribution in [2.75, 3.05) is 26.2 Å². The zero-order valence-electron chi connectivity index (χ0n) is 17.3. The summed E-state index contributed by atoms with van der Waals surface area (Å²) in [6, 6.07) is 6.12. The molecular formula is C22H27ClN4O3. The Balaban J connectivity index is 1.85. The molecule has 1 aromatic rings. The van der Waals surface area contributed by atoms with Crippen LogP contribution in [0.3, 0.4) is 0 Å². The Labute approximate surface area is 181 Å². The number of hydrogen-bond donors (Lipinski definition) is 2. The predicted molar refractivity (Wildman–Crippen MR) is 116 cm³/mol. The minimum absolute atomic E-state index is 0.0602. The minimum atomic E-state index is -0.663. The van der Waals surface area contributed by atoms with Crippen LogP contribution in [0.25, 0.3) is 0 Å². The molecule has 0 aromatic heterocycles. The molecule has 0 saturated carbocycles. The van der Waals surface area contributed by atoms with Gasteiger partial charge in [0.05, 0.1) is 23.9 Å². The molecule has 3 rings (SSSR count). The van der Waals surface area contributed by atoms with Gasteiger partial charge in [0.2, 0.25) is 5.91 Å². The largest absolute Gasteiger partial charge is 0.355 e. The van der Waals surface area contributed by atoms with Gasteiger partial charge in [0, 0.05) is 18.1 Å². The van der Waals surface area contributed by atoms with Crippen LogP contribution in [0.4, 0.5) is 4.79 Å². The maximum absolute atomic E-state index is 13.2. The fourth-order valence-corrected chi connectivity index (χ4v) is 3.92. The molecule has 0 aliphatic carbocycles. The summed E-state index contributed by atoms with van der Waals surface area (Å²) < 4.78 is 0. The van der Waals surface area contributed by atoms with Gasteiger partial charge in [-0.05, 0) is 24.0 Å². The van der Waals surface area contributed by atoms with Gasteiger partial charge in [-0.2, -0.15) is 0 Å². The predicted octanol–water partition coefficient (Wildman–Crippen LogP) is 2.85. The molecular weight excluding hydrogens is 404 g/mol. The molecule has 1 unspecified atom stereocenters. The fourth-order valence-electron chi connectivity index (χ4n) is 3.67. The standard InChI is InChI=1S/C22H27ClN4O3/c1-4-11-27-17-12-26(13-18(28)24-10-9-14(2)3)21(29)19(17)20(25-22(27)30)15-7-5-6-8-16(15)23/h4-8,14,20H,1,9-13H2,2-3H3,(H,24,28)(H,25,30). The van der Waals surface area contributed by atoms with E-state index in [2.05, 4.69) is 31.1 Å². The highest BCUT2D eigenvalue weighted by Crippen LogP contribution is 2.38. The van der Waals surface area contributed by atoms with E-state index in [1.54, 1.807) is 24.3 Å². The Morgan fingerprint density at radius 2 is 2.10 bits per heavy atom. The first kappa shape index (κ1) is 21.9. The minimum Gasteiger partial charge on any atom is -0.355 e. The van der Waals surface area contributed by atoms with Crippen LogP contribution in [0, 0.1) is 5.92 Å². The Kier molecular flexibility index (Phi) is 6.82. The lowest BCUT2D eigenvalue weighted by Gasteiger charge is -2.33. The number of hydrogen-bond acceptors (Lipinski definition) is 3. The van der Waals surface area contributed by atoms with Crippen molar-refractivity contribution in [1.29, 1.82) is 0 Å². The van der Waals surface area contributed by atoms with Crippen LogP contribution in [0.2, 0.25) is 5.02 Å². The Morgan fingerprint density at radius 3 is 2.77 bits per heavy atom. The molecule has 30 heavy (non-hydrogen) atoms. The van der Waals surface area contributed by atoms with E-state index in [1.807, 2.05) is 6.07 Å². The molecule has 2 N–H and O–H groups in total. The zero-order valence-corrected chi connectivity index (χ0v) is 18.0. The van der Waals surface area contributed by atoms with Gasteiger partial charge in [-0.3, -0.25) is 14.5 Å². The Hall–Kier alpha value is -2.80. The van der Waals surface area contributed by atoms with Crippen molar-refractivity contribution in [3.8, 4) is 0 Å². The SMILES string of the molecule is C=CCN1C(=O)NC(c2ccccc2Cl)C2=C1CN(CC(=O)NCCC(C)C)C2=O. The summed E-state index contributed by atoms with van der Waals surface area (Å²) in [7, 11) is 0. The first-order valence-electron chi connectivity index (χ1n) is 10.1. The van der Waals surface area contributed by atoms with Gasteiger partial charge >= 0.3 is 6.03 Å². The van der Waals surface area contributed by atoms with Gasteiger partial charge in [-0.15, -0.1) is 6.58 Å². The zero-order chi connectivity index (χ0) is 21.8. The summed E-state index contributed by atoms with van der Waals surface area (Å²) in [5.74, 6) is -0.00989. The highest BCUT2D eigenvalue weighted by Gasteiger charge is 2.44. The third-order valence-corrected chi connectivity index (χ3v) is 5.55. The maximum atomic E-state index is 13.2. The van der Waals surface area contributed by atoms with E-state index in [0.29, 0.717) is 34.3 Å². The number of nitrogens with zero attached hydrogens (tertiary/aromatic N) is 2. The van der Waals surface area contributed by atoms with Gasteiger partial charge in [-0.1, -0.05) is 49.7 Å². The molecule has 7 nitrogen and oxygen atoms in total. The van der Waals surface area contributed by atoms with E-state index in [1.165, 1.54) is 9.80 Å². The molecule has 1 atom stereocenters. The van der Waals surface area contributed by atoms with Gasteiger partial charge in [0.15, 0.2) is 0 Å². The van der Waals surface area contributed by atoms with Gasteiger partial charge in [0.1, 0.15) is 6.54 Å². The lowest BCUT2D eigenvalue weighted by atomic mass is 9.95. The van der Waals surface area contributed by atoms with E-state index in [-0.39, 0.29) is 37.5 Å². The number of halogens is 1. The molecule has 0 spiro atoms. The number of rotatable bonds is 8. The highest BCUT2D eigenvalue weighted by atomic mass is 35.5. The fraction of sp³-hybridized carbons (Fsp3) is 0.409. The maximum Gasteiger partial charge on any atom is 0.322 e. The molecule has 0 radical (unpaired) electrons. The Morgan fingerprint density at radius 1 is 1.37 bits per heavy atom. The van der Waals surface area contributed by atoms with Gasteiger partial charge in [-0.25, -0.2) is 4.79 Å². The molecule has 0 fully saturated rings. The van der Waals surface area contributed by atoms with Crippen molar-refractivity contribution < 1.29 is 14.4 Å². The van der Waals surface area contributed by atoms with Crippen LogP contribution in [-0.4, -0.2) is 53.8 Å². The number of amides is 4. The lowest BCUT2D eigenvalue weighted by molar-refractivity contribution is -0.131. The second-order valence-electron chi connectivity index (χ2n) is 7.86. The summed E-state index contributed by atoms with van der Waals surface area (Å²) >= 11 is 6.35. The Bertz CT molecular complexity index is 896. The van der Waals surface area contributed by atoms with Crippen molar-refractivity contribution >= 4 is 29.4 Å². The number of carbonyl (C=O) groups excluding carboxylic acids is 3. The molecule has 8 heteroatoms. The van der Waals surface area contributed by atoms with Crippen LogP contribution in [0.15, 0.2) is 48.2 Å². The monoisotopic (exact) mass is 430 g/mol. The van der Waals surface area contributed by atoms with Crippen LogP contribution in [0.5, 0.6) is 0 Å². The number of carbonyl (C=O) groups is 3. The molecule has 2 aliphatic rings. The topological polar surface area (TPSA) is 81.8 Å². The van der Waals surface area contributed by atoms with Crippen LogP contribution < -0.4 is 10.6 Å². The smallest absolute Gasteiger partial charge is 0.322 e. The average molecular weight is 431 g/mol. The molecule has 160 valence electrons. The van der Waals surface area contributed by atoms with E-state index < -0.39 is 6.04 Å². The third-order valence-electron chi connectivity index (χ3n) is 5.20. The highest BCUT2D eigenvalue weighted by molar-refractivity contribution is 6.31. The van der Waals surface area contributed by atoms with Gasteiger partial charge in [0.25, 0.3) is 5.91 Å². The van der Waals surface area contributed by atoms with Crippen LogP contribution in [0.1, 0.15) is 31.9 Å². The van der Waals surface area contributed by atoms with E-state index in [0.717, 1.165) is 6.42 Å². The number of urea groups is 1. The lowest BCUT2D eigenvalue weighted by Crippen LogP contribution is -2.47. The molecule has 2 aliphatic heterocycles. The summed E-state index contributed by atoms with van der Waals surface area (Å²) in [6.07, 6.45) is 2.47. The second kappa shape index (κ2) is 9.34. The number of nitrogens with one attached hydrogen (secondary N) is 2. The summed E-state index contributed by atoms with van der Waals surface area (Å²) in [5, 5.41) is 6.20. The molecule has 2 heterocycles. The van der Waals surface area contributed by atoms with Crippen molar-refractivity contribution in [2.24, 2.45) is 5.92 Å². The van der Waals surface area contributed by atoms with Crippen LogP contribution in [-0.2, 0) is 9.59 Å². The molecule has 1 aromatic carbocycles. The summed E-state index contributed by atoms with van der Waals surface area (Å²) in [6.45, 7) is 8.83. The van der Waals surface area contributed by atoms with Crippen LogP contribution >= 0.6 is 11.6 Å². The molecule has 0 saturated heterocycles. The van der Waals surface area contributed by atoms with Crippen molar-refractivity contribution in [2.45, 2.75) is 26.3 Å². The molecule has 0 bridgehead atoms. The van der Waals surface area contributed by atoms with E-state index >= 15 is 0 Å². The molecule has 4 amide bonds. The van der Waals surface area contributed by atoms with E-state index in [4.69, 9.17) is 11.6 Å². The van der Waals surface area contributed by atoms with Crippen molar-refractivity contribution in [3.63, 3.8) is 0 Å². The summed E-state index contributed by atoms with van der Waals surface area (Å²) in [5.41, 5.74) is 1.68. The van der Waals surface area contributed by atoms with E-state index in [9.17, 15) is 14.4 Å². The number of benzene rings is 1. The second-order valence-corrected chi connectivity index (χ2v) is 8.26. The van der Waals surface area contributed by atoms with Crippen molar-refractivity contribution in [3.05, 3.63) is 58.8 Å². The first-order valence-corrected chi connectivity index (χ1v) is 10.4. The van der Waals surface area contributed by atoms with Gasteiger partial charge < -0.3 is 15.5 Å². The third kappa shape index (κ3) is 4.51.